The van der Waals surface area contributed by atoms with E-state index in [1.165, 1.54) is 0 Å². The maximum Gasteiger partial charge on any atom is 0.339 e. The molecule has 0 atom stereocenters. The van der Waals surface area contributed by atoms with E-state index < -0.39 is 5.97 Å². The molecule has 2 aromatic heterocycles. The molecule has 0 radical (unpaired) electrons. The van der Waals surface area contributed by atoms with Crippen molar-refractivity contribution in [3.8, 4) is 0 Å². The van der Waals surface area contributed by atoms with E-state index in [4.69, 9.17) is 21.3 Å². The van der Waals surface area contributed by atoms with Gasteiger partial charge in [0.05, 0.1) is 22.0 Å². The fourth-order valence-corrected chi connectivity index (χ4v) is 4.21. The van der Waals surface area contributed by atoms with Gasteiger partial charge in [-0.1, -0.05) is 29.8 Å². The number of aromatic nitrogens is 3. The van der Waals surface area contributed by atoms with Crippen LogP contribution in [-0.4, -0.2) is 20.9 Å². The molecule has 1 aliphatic rings. The zero-order valence-electron chi connectivity index (χ0n) is 16.1. The highest BCUT2D eigenvalue weighted by Gasteiger charge is 2.23. The van der Waals surface area contributed by atoms with Gasteiger partial charge in [0, 0.05) is 16.1 Å². The van der Waals surface area contributed by atoms with Gasteiger partial charge in [-0.05, 0) is 55.5 Å². The summed E-state index contributed by atoms with van der Waals surface area (Å²) in [5.74, 6) is -0.157. The first-order valence-corrected chi connectivity index (χ1v) is 10.2. The van der Waals surface area contributed by atoms with Crippen molar-refractivity contribution in [1.29, 1.82) is 0 Å². The highest BCUT2D eigenvalue weighted by Crippen LogP contribution is 2.30. The molecule has 7 heteroatoms. The van der Waals surface area contributed by atoms with Crippen LogP contribution in [0.1, 0.15) is 40.3 Å². The molecule has 2 heterocycles. The maximum absolute atomic E-state index is 13.1. The Labute approximate surface area is 176 Å². The predicted octanol–water partition coefficient (Wildman–Crippen LogP) is 4.36. The van der Waals surface area contributed by atoms with Crippen molar-refractivity contribution in [3.05, 3.63) is 80.5 Å². The summed E-state index contributed by atoms with van der Waals surface area (Å²) in [7, 11) is 0. The Balaban J connectivity index is 1.50. The lowest BCUT2D eigenvalue weighted by atomic mass is 9.90. The number of benzene rings is 2. The second-order valence-corrected chi connectivity index (χ2v) is 7.82. The summed E-state index contributed by atoms with van der Waals surface area (Å²) < 4.78 is 5.59. The van der Waals surface area contributed by atoms with Crippen LogP contribution in [-0.2, 0) is 24.2 Å². The third-order valence-corrected chi connectivity index (χ3v) is 5.67. The van der Waals surface area contributed by atoms with Crippen molar-refractivity contribution in [2.45, 2.75) is 32.3 Å². The summed E-state index contributed by atoms with van der Waals surface area (Å²) in [5, 5.41) is 1.71. The number of aryl methyl sites for hydroxylation is 1. The number of esters is 1. The van der Waals surface area contributed by atoms with Crippen LogP contribution in [0.25, 0.3) is 21.8 Å². The van der Waals surface area contributed by atoms with Crippen LogP contribution in [0.3, 0.4) is 0 Å². The number of nitrogens with one attached hydrogen (secondary N) is 1. The van der Waals surface area contributed by atoms with Gasteiger partial charge in [0.2, 0.25) is 0 Å². The largest absolute Gasteiger partial charge is 0.454 e. The van der Waals surface area contributed by atoms with Gasteiger partial charge >= 0.3 is 5.97 Å². The van der Waals surface area contributed by atoms with E-state index in [2.05, 4.69) is 9.97 Å². The minimum absolute atomic E-state index is 0.137. The monoisotopic (exact) mass is 419 g/mol. The molecule has 0 unspecified atom stereocenters. The lowest BCUT2D eigenvalue weighted by molar-refractivity contribution is 0.0463. The van der Waals surface area contributed by atoms with E-state index in [1.54, 1.807) is 18.2 Å². The van der Waals surface area contributed by atoms with Crippen molar-refractivity contribution in [1.82, 2.24) is 15.0 Å². The minimum Gasteiger partial charge on any atom is -0.454 e. The molecule has 6 nitrogen and oxygen atoms in total. The standard InChI is InChI=1S/C23H18ClN3O3/c24-13-9-10-16-19(11-13)26-20(27-22(16)28)12-30-23(29)21-14-5-1-3-7-17(14)25-18-8-4-2-6-15(18)21/h1,3,5,7,9-11H,2,4,6,8,12H2,(H,26,27,28). The van der Waals surface area contributed by atoms with Gasteiger partial charge in [-0.15, -0.1) is 0 Å². The molecule has 0 saturated carbocycles. The summed E-state index contributed by atoms with van der Waals surface area (Å²) in [6, 6.07) is 12.5. The Bertz CT molecular complexity index is 1360. The molecule has 4 aromatic rings. The molecule has 1 aliphatic carbocycles. The molecular formula is C23H18ClN3O3. The molecular weight excluding hydrogens is 402 g/mol. The fraction of sp³-hybridized carbons (Fsp3) is 0.217. The highest BCUT2D eigenvalue weighted by atomic mass is 35.5. The van der Waals surface area contributed by atoms with E-state index in [1.807, 2.05) is 24.3 Å². The number of para-hydroxylation sites is 1. The second kappa shape index (κ2) is 7.54. The van der Waals surface area contributed by atoms with Crippen LogP contribution in [0, 0.1) is 0 Å². The normalized spacial score (nSPS) is 13.4. The summed E-state index contributed by atoms with van der Waals surface area (Å²) >= 11 is 6.01. The van der Waals surface area contributed by atoms with Crippen LogP contribution in [0.15, 0.2) is 47.3 Å². The van der Waals surface area contributed by atoms with Gasteiger partial charge in [0.25, 0.3) is 5.56 Å². The van der Waals surface area contributed by atoms with E-state index >= 15 is 0 Å². The minimum atomic E-state index is -0.430. The van der Waals surface area contributed by atoms with E-state index in [0.717, 1.165) is 47.8 Å². The lowest BCUT2D eigenvalue weighted by Crippen LogP contribution is -2.17. The smallest absolute Gasteiger partial charge is 0.339 e. The molecule has 150 valence electrons. The summed E-state index contributed by atoms with van der Waals surface area (Å²) in [6.45, 7) is -0.137. The molecule has 0 amide bonds. The van der Waals surface area contributed by atoms with E-state index in [9.17, 15) is 9.59 Å². The number of hydrogen-bond donors (Lipinski definition) is 1. The van der Waals surface area contributed by atoms with Crippen molar-refractivity contribution in [2.24, 2.45) is 0 Å². The first-order chi connectivity index (χ1) is 14.6. The number of nitrogens with zero attached hydrogens (tertiary/aromatic N) is 2. The van der Waals surface area contributed by atoms with Crippen LogP contribution in [0.2, 0.25) is 5.02 Å². The highest BCUT2D eigenvalue weighted by molar-refractivity contribution is 6.31. The number of hydrogen-bond acceptors (Lipinski definition) is 5. The maximum atomic E-state index is 13.1. The number of carbonyl (C=O) groups excluding carboxylic acids is 1. The molecule has 5 rings (SSSR count). The zero-order valence-corrected chi connectivity index (χ0v) is 16.8. The van der Waals surface area contributed by atoms with Gasteiger partial charge in [-0.2, -0.15) is 0 Å². The Hall–Kier alpha value is -3.25. The third kappa shape index (κ3) is 3.33. The molecule has 1 N–H and O–H groups in total. The van der Waals surface area contributed by atoms with Crippen LogP contribution in [0.5, 0.6) is 0 Å². The van der Waals surface area contributed by atoms with E-state index in [0.29, 0.717) is 21.5 Å². The van der Waals surface area contributed by atoms with E-state index in [-0.39, 0.29) is 18.0 Å². The Kier molecular flexibility index (Phi) is 4.71. The molecule has 0 bridgehead atoms. The second-order valence-electron chi connectivity index (χ2n) is 7.39. The van der Waals surface area contributed by atoms with Gasteiger partial charge in [-0.25, -0.2) is 9.78 Å². The summed E-state index contributed by atoms with van der Waals surface area (Å²) in [5.41, 5.74) is 3.47. The predicted molar refractivity (Wildman–Crippen MR) is 115 cm³/mol. The van der Waals surface area contributed by atoms with Gasteiger partial charge in [-0.3, -0.25) is 9.78 Å². The average Bonchev–Trinajstić information content (AvgIpc) is 2.75. The number of carbonyl (C=O) groups is 1. The Morgan fingerprint density at radius 3 is 2.77 bits per heavy atom. The molecule has 30 heavy (non-hydrogen) atoms. The first-order valence-electron chi connectivity index (χ1n) is 9.86. The van der Waals surface area contributed by atoms with Gasteiger partial charge < -0.3 is 9.72 Å². The molecule has 0 fully saturated rings. The molecule has 2 aromatic carbocycles. The van der Waals surface area contributed by atoms with Gasteiger partial charge in [0.15, 0.2) is 0 Å². The third-order valence-electron chi connectivity index (χ3n) is 5.43. The quantitative estimate of drug-likeness (QED) is 0.499. The number of rotatable bonds is 3. The Morgan fingerprint density at radius 1 is 1.03 bits per heavy atom. The van der Waals surface area contributed by atoms with Crippen LogP contribution < -0.4 is 5.56 Å². The topological polar surface area (TPSA) is 84.9 Å². The molecule has 0 saturated heterocycles. The fourth-order valence-electron chi connectivity index (χ4n) is 4.04. The van der Waals surface area contributed by atoms with Crippen molar-refractivity contribution in [2.75, 3.05) is 0 Å². The summed E-state index contributed by atoms with van der Waals surface area (Å²) in [6.07, 6.45) is 3.76. The van der Waals surface area contributed by atoms with Crippen LogP contribution in [0.4, 0.5) is 0 Å². The van der Waals surface area contributed by atoms with Crippen molar-refractivity contribution >= 4 is 39.4 Å². The van der Waals surface area contributed by atoms with Crippen molar-refractivity contribution < 1.29 is 9.53 Å². The molecule has 0 aliphatic heterocycles. The zero-order chi connectivity index (χ0) is 20.7. The lowest BCUT2D eigenvalue weighted by Gasteiger charge is -2.19. The van der Waals surface area contributed by atoms with Gasteiger partial charge in [0.1, 0.15) is 12.4 Å². The van der Waals surface area contributed by atoms with Crippen LogP contribution >= 0.6 is 11.6 Å². The number of H-pyrrole nitrogens is 1. The Morgan fingerprint density at radius 2 is 1.87 bits per heavy atom. The average molecular weight is 420 g/mol. The van der Waals surface area contributed by atoms with Crippen molar-refractivity contribution in [3.63, 3.8) is 0 Å². The number of halogens is 1. The first kappa shape index (κ1) is 18.8. The number of pyridine rings is 1. The SMILES string of the molecule is O=C(OCc1nc2cc(Cl)ccc2c(=O)[nH]1)c1c2c(nc3ccccc13)CCCC2. The number of aromatic amines is 1. The molecule has 0 spiro atoms. The number of fused-ring (bicyclic) bond motifs is 3. The summed E-state index contributed by atoms with van der Waals surface area (Å²) in [4.78, 5) is 37.2. The number of ether oxygens (including phenoxy) is 1.